The summed E-state index contributed by atoms with van der Waals surface area (Å²) in [4.78, 5) is 7.80. The van der Waals surface area contributed by atoms with Crippen molar-refractivity contribution in [2.75, 3.05) is 26.8 Å². The molecule has 7 heteroatoms. The highest BCUT2D eigenvalue weighted by atomic mass is 35.5. The third-order valence-electron chi connectivity index (χ3n) is 4.50. The topological polar surface area (TPSA) is 54.3 Å². The Bertz CT molecular complexity index is 798. The zero-order chi connectivity index (χ0) is 19.9. The number of ether oxygens (including phenoxy) is 1. The van der Waals surface area contributed by atoms with E-state index in [1.807, 2.05) is 48.5 Å². The van der Waals surface area contributed by atoms with Crippen LogP contribution in [0.1, 0.15) is 17.5 Å². The van der Waals surface area contributed by atoms with Crippen LogP contribution in [0.4, 0.5) is 0 Å². The number of rotatable bonds is 9. The molecule has 150 valence electrons. The lowest BCUT2D eigenvalue weighted by Crippen LogP contribution is -2.39. The van der Waals surface area contributed by atoms with E-state index in [-0.39, 0.29) is 12.7 Å². The summed E-state index contributed by atoms with van der Waals surface area (Å²) in [5.41, 5.74) is 2.99. The molecular weight excluding hydrogens is 399 g/mol. The van der Waals surface area contributed by atoms with E-state index < -0.39 is 6.10 Å². The maximum absolute atomic E-state index is 10.2. The van der Waals surface area contributed by atoms with Gasteiger partial charge in [-0.05, 0) is 35.4 Å². The summed E-state index contributed by atoms with van der Waals surface area (Å²) in [6, 6.07) is 15.3. The van der Waals surface area contributed by atoms with Crippen LogP contribution in [0.5, 0.6) is 0 Å². The first-order chi connectivity index (χ1) is 13.5. The van der Waals surface area contributed by atoms with E-state index in [9.17, 15) is 5.11 Å². The summed E-state index contributed by atoms with van der Waals surface area (Å²) in [5, 5.41) is 15.8. The maximum atomic E-state index is 10.2. The monoisotopic (exact) mass is 422 g/mol. The second-order valence-corrected chi connectivity index (χ2v) is 7.78. The Labute approximate surface area is 175 Å². The summed E-state index contributed by atoms with van der Waals surface area (Å²) in [6.07, 6.45) is 0.0375. The third kappa shape index (κ3) is 6.19. The van der Waals surface area contributed by atoms with Crippen molar-refractivity contribution in [3.05, 3.63) is 69.7 Å². The Morgan fingerprint density at radius 2 is 2.00 bits per heavy atom. The smallest absolute Gasteiger partial charge is 0.145 e. The highest BCUT2D eigenvalue weighted by Gasteiger charge is 2.25. The molecule has 2 aromatic carbocycles. The first-order valence-corrected chi connectivity index (χ1v) is 9.91. The lowest BCUT2D eigenvalue weighted by Gasteiger charge is -2.26. The van der Waals surface area contributed by atoms with Crippen LogP contribution in [0.3, 0.4) is 0 Å². The van der Waals surface area contributed by atoms with Gasteiger partial charge < -0.3 is 14.7 Å². The second kappa shape index (κ2) is 10.2. The summed E-state index contributed by atoms with van der Waals surface area (Å²) < 4.78 is 5.07. The number of benzene rings is 2. The average Bonchev–Trinajstić information content (AvgIpc) is 3.11. The van der Waals surface area contributed by atoms with Crippen molar-refractivity contribution >= 4 is 28.9 Å². The predicted octanol–water partition coefficient (Wildman–Crippen LogP) is 4.00. The number of oxime groups is 1. The third-order valence-corrected chi connectivity index (χ3v) is 4.98. The molecule has 0 aromatic heterocycles. The highest BCUT2D eigenvalue weighted by molar-refractivity contribution is 6.31. The van der Waals surface area contributed by atoms with Gasteiger partial charge in [-0.25, -0.2) is 0 Å². The van der Waals surface area contributed by atoms with Gasteiger partial charge in [0.25, 0.3) is 0 Å². The largest absolute Gasteiger partial charge is 0.390 e. The summed E-state index contributed by atoms with van der Waals surface area (Å²) >= 11 is 12.1. The fraction of sp³-hybridized carbons (Fsp3) is 0.381. The molecule has 0 unspecified atom stereocenters. The van der Waals surface area contributed by atoms with Gasteiger partial charge in [-0.1, -0.05) is 52.6 Å². The molecule has 0 bridgehead atoms. The molecule has 0 spiro atoms. The Kier molecular flexibility index (Phi) is 7.71. The van der Waals surface area contributed by atoms with Crippen LogP contribution >= 0.6 is 23.2 Å². The number of aliphatic hydroxyl groups is 1. The first kappa shape index (κ1) is 21.1. The molecular formula is C21H24Cl2N2O3. The van der Waals surface area contributed by atoms with Crippen molar-refractivity contribution in [3.63, 3.8) is 0 Å². The maximum Gasteiger partial charge on any atom is 0.145 e. The van der Waals surface area contributed by atoms with Gasteiger partial charge in [0, 0.05) is 43.2 Å². The van der Waals surface area contributed by atoms with Crippen LogP contribution in [0.15, 0.2) is 53.7 Å². The lowest BCUT2D eigenvalue weighted by atomic mass is 10.0. The van der Waals surface area contributed by atoms with Crippen molar-refractivity contribution in [2.24, 2.45) is 5.16 Å². The average molecular weight is 423 g/mol. The van der Waals surface area contributed by atoms with Gasteiger partial charge in [-0.15, -0.1) is 0 Å². The normalized spacial score (nSPS) is 17.5. The van der Waals surface area contributed by atoms with Crippen LogP contribution in [0.2, 0.25) is 10.0 Å². The molecule has 2 atom stereocenters. The van der Waals surface area contributed by atoms with Crippen LogP contribution in [-0.2, 0) is 16.1 Å². The molecule has 0 aliphatic carbocycles. The minimum Gasteiger partial charge on any atom is -0.390 e. The van der Waals surface area contributed by atoms with E-state index in [1.165, 1.54) is 0 Å². The first-order valence-electron chi connectivity index (χ1n) is 9.16. The molecule has 1 heterocycles. The molecule has 0 saturated carbocycles. The molecule has 1 aliphatic rings. The lowest BCUT2D eigenvalue weighted by molar-refractivity contribution is 0.00922. The summed E-state index contributed by atoms with van der Waals surface area (Å²) in [7, 11) is 1.58. The van der Waals surface area contributed by atoms with Crippen molar-refractivity contribution in [2.45, 2.75) is 25.2 Å². The zero-order valence-corrected chi connectivity index (χ0v) is 17.2. The van der Waals surface area contributed by atoms with E-state index >= 15 is 0 Å². The van der Waals surface area contributed by atoms with E-state index in [0.29, 0.717) is 36.1 Å². The molecule has 0 radical (unpaired) electrons. The summed E-state index contributed by atoms with van der Waals surface area (Å²) in [6.45, 7) is 2.03. The number of halogens is 2. The number of methoxy groups -OCH3 is 1. The van der Waals surface area contributed by atoms with Crippen molar-refractivity contribution < 1.29 is 14.7 Å². The predicted molar refractivity (Wildman–Crippen MR) is 112 cm³/mol. The van der Waals surface area contributed by atoms with Crippen molar-refractivity contribution in [1.82, 2.24) is 4.90 Å². The van der Waals surface area contributed by atoms with Gasteiger partial charge in [-0.3, -0.25) is 4.90 Å². The van der Waals surface area contributed by atoms with Crippen LogP contribution in [0.25, 0.3) is 0 Å². The van der Waals surface area contributed by atoms with Gasteiger partial charge in [-0.2, -0.15) is 0 Å². The van der Waals surface area contributed by atoms with E-state index in [4.69, 9.17) is 32.8 Å². The fourth-order valence-electron chi connectivity index (χ4n) is 3.27. The van der Waals surface area contributed by atoms with Gasteiger partial charge >= 0.3 is 0 Å². The molecule has 28 heavy (non-hydrogen) atoms. The highest BCUT2D eigenvalue weighted by Crippen LogP contribution is 2.21. The number of hydrogen-bond acceptors (Lipinski definition) is 5. The van der Waals surface area contributed by atoms with Crippen molar-refractivity contribution in [1.29, 1.82) is 0 Å². The SMILES string of the molecule is COC[C@@H](O)CN(Cc1cccc(Cl)c1)C[C@@H]1CC(c2ccc(Cl)cc2)=NO1. The fourth-order valence-corrected chi connectivity index (χ4v) is 3.61. The van der Waals surface area contributed by atoms with E-state index in [2.05, 4.69) is 10.1 Å². The van der Waals surface area contributed by atoms with Crippen LogP contribution in [0, 0.1) is 0 Å². The van der Waals surface area contributed by atoms with Crippen LogP contribution < -0.4 is 0 Å². The molecule has 0 amide bonds. The van der Waals surface area contributed by atoms with Crippen LogP contribution in [-0.4, -0.2) is 54.7 Å². The zero-order valence-electron chi connectivity index (χ0n) is 15.7. The van der Waals surface area contributed by atoms with E-state index in [0.717, 1.165) is 16.8 Å². The Hall–Kier alpha value is -1.63. The Morgan fingerprint density at radius 3 is 2.71 bits per heavy atom. The number of aliphatic hydroxyl groups excluding tert-OH is 1. The quantitative estimate of drug-likeness (QED) is 0.663. The summed E-state index contributed by atoms with van der Waals surface area (Å²) in [5.74, 6) is 0. The van der Waals surface area contributed by atoms with Gasteiger partial charge in [0.05, 0.1) is 18.4 Å². The van der Waals surface area contributed by atoms with Gasteiger partial charge in [0.2, 0.25) is 0 Å². The molecule has 1 aliphatic heterocycles. The number of nitrogens with zero attached hydrogens (tertiary/aromatic N) is 2. The standard InChI is InChI=1S/C21H24Cl2N2O3/c1-27-14-19(26)12-25(11-15-3-2-4-18(23)9-15)13-20-10-21(24-28-20)16-5-7-17(22)8-6-16/h2-9,19-20,26H,10-14H2,1H3/t19-,20-/m0/s1. The molecule has 0 fully saturated rings. The molecule has 1 N–H and O–H groups in total. The molecule has 3 rings (SSSR count). The minimum absolute atomic E-state index is 0.0837. The Morgan fingerprint density at radius 1 is 1.21 bits per heavy atom. The van der Waals surface area contributed by atoms with Crippen molar-refractivity contribution in [3.8, 4) is 0 Å². The molecule has 2 aromatic rings. The van der Waals surface area contributed by atoms with Gasteiger partial charge in [0.1, 0.15) is 6.10 Å². The Balaban J connectivity index is 1.63. The number of hydrogen-bond donors (Lipinski definition) is 1. The van der Waals surface area contributed by atoms with E-state index in [1.54, 1.807) is 7.11 Å². The second-order valence-electron chi connectivity index (χ2n) is 6.91. The molecule has 5 nitrogen and oxygen atoms in total. The molecule has 0 saturated heterocycles. The minimum atomic E-state index is -0.581. The van der Waals surface area contributed by atoms with Gasteiger partial charge in [0.15, 0.2) is 0 Å².